The number of fused-ring (bicyclic) bond motifs is 1. The third-order valence-corrected chi connectivity index (χ3v) is 6.35. The second-order valence-corrected chi connectivity index (χ2v) is 8.19. The van der Waals surface area contributed by atoms with Crippen LogP contribution in [0.25, 0.3) is 0 Å². The van der Waals surface area contributed by atoms with Gasteiger partial charge in [-0.3, -0.25) is 14.5 Å². The lowest BCUT2D eigenvalue weighted by atomic mass is 9.92. The average Bonchev–Trinajstić information content (AvgIpc) is 3.04. The fourth-order valence-electron chi connectivity index (χ4n) is 4.04. The lowest BCUT2D eigenvalue weighted by Gasteiger charge is -2.30. The van der Waals surface area contributed by atoms with Crippen LogP contribution in [0.15, 0.2) is 24.3 Å². The summed E-state index contributed by atoms with van der Waals surface area (Å²) >= 11 is 1.79. The van der Waals surface area contributed by atoms with Crippen molar-refractivity contribution in [3.05, 3.63) is 29.8 Å². The van der Waals surface area contributed by atoms with Crippen LogP contribution in [0.1, 0.15) is 25.3 Å². The molecule has 0 aliphatic carbocycles. The molecule has 1 spiro atoms. The summed E-state index contributed by atoms with van der Waals surface area (Å²) in [6.45, 7) is 1.79. The highest BCUT2D eigenvalue weighted by molar-refractivity contribution is 7.99. The van der Waals surface area contributed by atoms with Crippen LogP contribution in [0, 0.1) is 0 Å². The number of carbonyl (C=O) groups is 3. The highest BCUT2D eigenvalue weighted by atomic mass is 32.2. The maximum Gasteiger partial charge on any atom is 0.325 e. The van der Waals surface area contributed by atoms with Gasteiger partial charge in [0.05, 0.1) is 0 Å². The lowest BCUT2D eigenvalue weighted by molar-refractivity contribution is -0.134. The van der Waals surface area contributed by atoms with Crippen LogP contribution in [0.5, 0.6) is 0 Å². The zero-order valence-electron chi connectivity index (χ0n) is 14.2. The molecule has 2 fully saturated rings. The van der Waals surface area contributed by atoms with Crippen molar-refractivity contribution in [2.45, 2.75) is 37.8 Å². The number of hydrogen-bond donors (Lipinski definition) is 1. The first-order valence-electron chi connectivity index (χ1n) is 8.64. The number of thioether (sulfide) groups is 1. The van der Waals surface area contributed by atoms with Gasteiger partial charge in [0, 0.05) is 11.7 Å². The molecular weight excluding hydrogens is 338 g/mol. The molecule has 3 heterocycles. The van der Waals surface area contributed by atoms with Crippen LogP contribution in [-0.4, -0.2) is 52.4 Å². The number of benzene rings is 1. The third-order valence-electron chi connectivity index (χ3n) is 5.36. The van der Waals surface area contributed by atoms with E-state index in [1.54, 1.807) is 16.7 Å². The lowest BCUT2D eigenvalue weighted by Crippen LogP contribution is -2.50. The molecule has 3 aliphatic rings. The molecule has 0 bridgehead atoms. The number of imide groups is 1. The van der Waals surface area contributed by atoms with Crippen molar-refractivity contribution < 1.29 is 14.4 Å². The second-order valence-electron chi connectivity index (χ2n) is 6.96. The average molecular weight is 359 g/mol. The number of nitrogens with one attached hydrogen (secondary N) is 1. The minimum atomic E-state index is -0.794. The number of carbonyl (C=O) groups excluding carboxylic acids is 3. The standard InChI is InChI=1S/C18H21N3O3S/c1-12-10-13-4-2-3-5-14(13)21(12)15(22)11-20-16(23)18(19-17(20)24)6-8-25-9-7-18/h2-5,12H,6-11H2,1H3,(H,19,24). The van der Waals surface area contributed by atoms with E-state index in [9.17, 15) is 14.4 Å². The van der Waals surface area contributed by atoms with Crippen molar-refractivity contribution in [3.63, 3.8) is 0 Å². The zero-order chi connectivity index (χ0) is 17.6. The Bertz CT molecular complexity index is 745. The highest BCUT2D eigenvalue weighted by Crippen LogP contribution is 2.34. The van der Waals surface area contributed by atoms with E-state index in [0.29, 0.717) is 12.8 Å². The van der Waals surface area contributed by atoms with E-state index >= 15 is 0 Å². The van der Waals surface area contributed by atoms with Gasteiger partial charge in [0.1, 0.15) is 12.1 Å². The summed E-state index contributed by atoms with van der Waals surface area (Å²) < 4.78 is 0. The van der Waals surface area contributed by atoms with Gasteiger partial charge in [0.15, 0.2) is 0 Å². The molecule has 2 saturated heterocycles. The first kappa shape index (κ1) is 16.4. The summed E-state index contributed by atoms with van der Waals surface area (Å²) in [4.78, 5) is 40.9. The Balaban J connectivity index is 1.53. The monoisotopic (exact) mass is 359 g/mol. The van der Waals surface area contributed by atoms with Crippen molar-refractivity contribution in [3.8, 4) is 0 Å². The van der Waals surface area contributed by atoms with Crippen molar-refractivity contribution >= 4 is 35.3 Å². The van der Waals surface area contributed by atoms with Crippen molar-refractivity contribution in [2.24, 2.45) is 0 Å². The molecule has 4 amide bonds. The highest BCUT2D eigenvalue weighted by Gasteiger charge is 2.52. The predicted octanol–water partition coefficient (Wildman–Crippen LogP) is 1.78. The second kappa shape index (κ2) is 6.05. The fraction of sp³-hybridized carbons (Fsp3) is 0.500. The number of hydrogen-bond acceptors (Lipinski definition) is 4. The first-order chi connectivity index (χ1) is 12.0. The molecule has 132 valence electrons. The van der Waals surface area contributed by atoms with Crippen LogP contribution < -0.4 is 10.2 Å². The van der Waals surface area contributed by atoms with Crippen molar-refractivity contribution in [1.82, 2.24) is 10.2 Å². The summed E-state index contributed by atoms with van der Waals surface area (Å²) in [5.41, 5.74) is 1.22. The Hall–Kier alpha value is -2.02. The summed E-state index contributed by atoms with van der Waals surface area (Å²) in [6.07, 6.45) is 2.06. The molecular formula is C18H21N3O3S. The molecule has 1 N–H and O–H groups in total. The van der Waals surface area contributed by atoms with Crippen LogP contribution in [0.2, 0.25) is 0 Å². The van der Waals surface area contributed by atoms with Gasteiger partial charge >= 0.3 is 6.03 Å². The van der Waals surface area contributed by atoms with E-state index in [-0.39, 0.29) is 24.4 Å². The number of nitrogens with zero attached hydrogens (tertiary/aromatic N) is 2. The zero-order valence-corrected chi connectivity index (χ0v) is 15.0. The number of anilines is 1. The Labute approximate surface area is 150 Å². The van der Waals surface area contributed by atoms with Crippen LogP contribution in [-0.2, 0) is 16.0 Å². The van der Waals surface area contributed by atoms with Gasteiger partial charge < -0.3 is 10.2 Å². The molecule has 1 aromatic rings. The van der Waals surface area contributed by atoms with Gasteiger partial charge in [-0.2, -0.15) is 11.8 Å². The van der Waals surface area contributed by atoms with Gasteiger partial charge in [0.25, 0.3) is 5.91 Å². The summed E-state index contributed by atoms with van der Waals surface area (Å²) in [6, 6.07) is 7.39. The first-order valence-corrected chi connectivity index (χ1v) is 9.79. The SMILES string of the molecule is CC1Cc2ccccc2N1C(=O)CN1C(=O)NC2(CCSCC2)C1=O. The summed E-state index contributed by atoms with van der Waals surface area (Å²) in [5, 5.41) is 2.85. The molecule has 1 atom stereocenters. The maximum atomic E-state index is 12.9. The molecule has 0 radical (unpaired) electrons. The fourth-order valence-corrected chi connectivity index (χ4v) is 5.23. The van der Waals surface area contributed by atoms with Crippen molar-refractivity contribution in [1.29, 1.82) is 0 Å². The molecule has 0 aromatic heterocycles. The predicted molar refractivity (Wildman–Crippen MR) is 96.6 cm³/mol. The van der Waals surface area contributed by atoms with Gasteiger partial charge in [-0.1, -0.05) is 18.2 Å². The normalized spacial score (nSPS) is 24.6. The molecule has 4 rings (SSSR count). The molecule has 25 heavy (non-hydrogen) atoms. The van der Waals surface area contributed by atoms with E-state index in [2.05, 4.69) is 5.32 Å². The summed E-state index contributed by atoms with van der Waals surface area (Å²) in [5.74, 6) is 1.25. The van der Waals surface area contributed by atoms with E-state index in [1.807, 2.05) is 31.2 Å². The van der Waals surface area contributed by atoms with Gasteiger partial charge in [-0.25, -0.2) is 4.79 Å². The molecule has 1 aromatic carbocycles. The van der Waals surface area contributed by atoms with Crippen LogP contribution in [0.4, 0.5) is 10.5 Å². The van der Waals surface area contributed by atoms with Gasteiger partial charge in [0.2, 0.25) is 5.91 Å². The van der Waals surface area contributed by atoms with E-state index in [0.717, 1.165) is 34.1 Å². The summed E-state index contributed by atoms with van der Waals surface area (Å²) in [7, 11) is 0. The van der Waals surface area contributed by atoms with E-state index in [4.69, 9.17) is 0 Å². The minimum Gasteiger partial charge on any atom is -0.323 e. The smallest absolute Gasteiger partial charge is 0.323 e. The minimum absolute atomic E-state index is 0.0331. The quantitative estimate of drug-likeness (QED) is 0.818. The Morgan fingerprint density at radius 2 is 2.00 bits per heavy atom. The van der Waals surface area contributed by atoms with E-state index < -0.39 is 11.6 Å². The Morgan fingerprint density at radius 3 is 2.76 bits per heavy atom. The molecule has 6 nitrogen and oxygen atoms in total. The number of para-hydroxylation sites is 1. The molecule has 7 heteroatoms. The Kier molecular flexibility index (Phi) is 3.98. The number of amides is 4. The van der Waals surface area contributed by atoms with Gasteiger partial charge in [-0.05, 0) is 49.3 Å². The van der Waals surface area contributed by atoms with Crippen LogP contribution >= 0.6 is 11.8 Å². The Morgan fingerprint density at radius 1 is 1.28 bits per heavy atom. The number of urea groups is 1. The maximum absolute atomic E-state index is 12.9. The van der Waals surface area contributed by atoms with Crippen LogP contribution in [0.3, 0.4) is 0 Å². The number of rotatable bonds is 2. The third kappa shape index (κ3) is 2.61. The van der Waals surface area contributed by atoms with E-state index in [1.165, 1.54) is 0 Å². The molecule has 0 saturated carbocycles. The largest absolute Gasteiger partial charge is 0.325 e. The van der Waals surface area contributed by atoms with Crippen molar-refractivity contribution in [2.75, 3.05) is 23.0 Å². The topological polar surface area (TPSA) is 69.7 Å². The van der Waals surface area contributed by atoms with Gasteiger partial charge in [-0.15, -0.1) is 0 Å². The molecule has 1 unspecified atom stereocenters. The molecule has 3 aliphatic heterocycles.